The number of pyridine rings is 1. The van der Waals surface area contributed by atoms with E-state index >= 15 is 0 Å². The summed E-state index contributed by atoms with van der Waals surface area (Å²) in [5.74, 6) is 0.531. The van der Waals surface area contributed by atoms with Gasteiger partial charge < -0.3 is 14.5 Å². The van der Waals surface area contributed by atoms with Gasteiger partial charge in [-0.25, -0.2) is 9.78 Å². The molecule has 0 spiro atoms. The smallest absolute Gasteiger partial charge is 0.338 e. The first kappa shape index (κ1) is 11.9. The fraction of sp³-hybridized carbons (Fsp3) is 0.500. The molecule has 2 heterocycles. The Hall–Kier alpha value is -1.62. The van der Waals surface area contributed by atoms with Crippen LogP contribution in [0.25, 0.3) is 0 Å². The lowest BCUT2D eigenvalue weighted by molar-refractivity contribution is 0.0600. The zero-order valence-corrected chi connectivity index (χ0v) is 10.2. The van der Waals surface area contributed by atoms with E-state index in [9.17, 15) is 4.79 Å². The lowest BCUT2D eigenvalue weighted by atomic mass is 10.2. The number of esters is 1. The number of anilines is 1. The van der Waals surface area contributed by atoms with Gasteiger partial charge in [0, 0.05) is 32.4 Å². The van der Waals surface area contributed by atoms with Gasteiger partial charge in [0.1, 0.15) is 5.82 Å². The molecule has 0 saturated carbocycles. The second-order valence-corrected chi connectivity index (χ2v) is 4.18. The largest absolute Gasteiger partial charge is 0.465 e. The van der Waals surface area contributed by atoms with Crippen molar-refractivity contribution in [1.29, 1.82) is 0 Å². The summed E-state index contributed by atoms with van der Waals surface area (Å²) < 4.78 is 4.70. The van der Waals surface area contributed by atoms with Gasteiger partial charge in [-0.15, -0.1) is 0 Å². The Bertz CT molecular complexity index is 400. The van der Waals surface area contributed by atoms with E-state index in [1.807, 2.05) is 0 Å². The highest BCUT2D eigenvalue weighted by Crippen LogP contribution is 2.15. The zero-order chi connectivity index (χ0) is 12.3. The minimum absolute atomic E-state index is 0.317. The van der Waals surface area contributed by atoms with Gasteiger partial charge in [-0.1, -0.05) is 0 Å². The molecule has 0 amide bonds. The molecule has 0 atom stereocenters. The van der Waals surface area contributed by atoms with Crippen LogP contribution in [0.1, 0.15) is 10.4 Å². The molecule has 5 nitrogen and oxygen atoms in total. The number of rotatable bonds is 2. The van der Waals surface area contributed by atoms with E-state index in [0.717, 1.165) is 32.0 Å². The minimum atomic E-state index is -0.317. The monoisotopic (exact) mass is 235 g/mol. The second-order valence-electron chi connectivity index (χ2n) is 4.18. The predicted molar refractivity (Wildman–Crippen MR) is 65.3 cm³/mol. The Kier molecular flexibility index (Phi) is 3.58. The molecule has 0 aliphatic carbocycles. The zero-order valence-electron chi connectivity index (χ0n) is 10.2. The van der Waals surface area contributed by atoms with Crippen molar-refractivity contribution < 1.29 is 9.53 Å². The molecule has 1 aromatic heterocycles. The molecular formula is C12H17N3O2. The molecule has 0 N–H and O–H groups in total. The molecule has 1 fully saturated rings. The minimum Gasteiger partial charge on any atom is -0.465 e. The lowest BCUT2D eigenvalue weighted by Gasteiger charge is -2.33. The molecule has 92 valence electrons. The van der Waals surface area contributed by atoms with Gasteiger partial charge >= 0.3 is 5.97 Å². The summed E-state index contributed by atoms with van der Waals surface area (Å²) in [5, 5.41) is 0. The Morgan fingerprint density at radius 1 is 1.35 bits per heavy atom. The van der Waals surface area contributed by atoms with Gasteiger partial charge in [0.15, 0.2) is 0 Å². The molecule has 1 saturated heterocycles. The standard InChI is InChI=1S/C12H17N3O2/c1-14-5-7-15(8-6-14)11-9-10(3-4-13-11)12(16)17-2/h3-4,9H,5-8H2,1-2H3. The molecule has 0 aromatic carbocycles. The fourth-order valence-corrected chi connectivity index (χ4v) is 1.87. The van der Waals surface area contributed by atoms with E-state index in [1.165, 1.54) is 7.11 Å². The number of piperazine rings is 1. The second kappa shape index (κ2) is 5.14. The number of likely N-dealkylation sites (N-methyl/N-ethyl adjacent to an activating group) is 1. The van der Waals surface area contributed by atoms with Crippen molar-refractivity contribution >= 4 is 11.8 Å². The number of carbonyl (C=O) groups is 1. The summed E-state index contributed by atoms with van der Waals surface area (Å²) in [5.41, 5.74) is 0.552. The maximum atomic E-state index is 11.4. The highest BCUT2D eigenvalue weighted by molar-refractivity contribution is 5.90. The normalized spacial score (nSPS) is 16.9. The maximum absolute atomic E-state index is 11.4. The van der Waals surface area contributed by atoms with E-state index < -0.39 is 0 Å². The number of methoxy groups -OCH3 is 1. The number of carbonyl (C=O) groups excluding carboxylic acids is 1. The van der Waals surface area contributed by atoms with Crippen LogP contribution in [0.2, 0.25) is 0 Å². The summed E-state index contributed by atoms with van der Waals surface area (Å²) in [6.45, 7) is 3.91. The highest BCUT2D eigenvalue weighted by atomic mass is 16.5. The van der Waals surface area contributed by atoms with Gasteiger partial charge in [-0.3, -0.25) is 0 Å². The first-order valence-electron chi connectivity index (χ1n) is 5.68. The molecule has 5 heteroatoms. The Morgan fingerprint density at radius 2 is 2.06 bits per heavy atom. The van der Waals surface area contributed by atoms with Crippen molar-refractivity contribution in [2.45, 2.75) is 0 Å². The van der Waals surface area contributed by atoms with Gasteiger partial charge in [0.05, 0.1) is 12.7 Å². The van der Waals surface area contributed by atoms with Crippen LogP contribution < -0.4 is 4.90 Å². The van der Waals surface area contributed by atoms with Crippen LogP contribution >= 0.6 is 0 Å². The molecule has 1 aliphatic heterocycles. The molecule has 0 unspecified atom stereocenters. The first-order valence-corrected chi connectivity index (χ1v) is 5.68. The van der Waals surface area contributed by atoms with Crippen LogP contribution in [0.3, 0.4) is 0 Å². The van der Waals surface area contributed by atoms with Crippen molar-refractivity contribution in [2.75, 3.05) is 45.2 Å². The van der Waals surface area contributed by atoms with E-state index in [1.54, 1.807) is 18.3 Å². The van der Waals surface area contributed by atoms with Gasteiger partial charge in [0.25, 0.3) is 0 Å². The van der Waals surface area contributed by atoms with Crippen LogP contribution in [0, 0.1) is 0 Å². The summed E-state index contributed by atoms with van der Waals surface area (Å²) in [6, 6.07) is 3.46. The molecular weight excluding hydrogens is 218 g/mol. The van der Waals surface area contributed by atoms with Gasteiger partial charge in [-0.05, 0) is 19.2 Å². The van der Waals surface area contributed by atoms with Crippen molar-refractivity contribution in [1.82, 2.24) is 9.88 Å². The maximum Gasteiger partial charge on any atom is 0.338 e. The number of ether oxygens (including phenoxy) is 1. The molecule has 1 aliphatic rings. The third-order valence-corrected chi connectivity index (χ3v) is 2.99. The highest BCUT2D eigenvalue weighted by Gasteiger charge is 2.16. The third-order valence-electron chi connectivity index (χ3n) is 2.99. The number of hydrogen-bond acceptors (Lipinski definition) is 5. The number of nitrogens with zero attached hydrogens (tertiary/aromatic N) is 3. The van der Waals surface area contributed by atoms with Crippen molar-refractivity contribution in [3.8, 4) is 0 Å². The van der Waals surface area contributed by atoms with Crippen LogP contribution in [-0.2, 0) is 4.74 Å². The van der Waals surface area contributed by atoms with E-state index in [0.29, 0.717) is 5.56 Å². The average Bonchev–Trinajstić information content (AvgIpc) is 2.39. The topological polar surface area (TPSA) is 45.7 Å². The quantitative estimate of drug-likeness (QED) is 0.703. The van der Waals surface area contributed by atoms with Crippen molar-refractivity contribution in [2.24, 2.45) is 0 Å². The van der Waals surface area contributed by atoms with E-state index in [-0.39, 0.29) is 5.97 Å². The Morgan fingerprint density at radius 3 is 2.71 bits per heavy atom. The van der Waals surface area contributed by atoms with E-state index in [4.69, 9.17) is 4.74 Å². The van der Waals surface area contributed by atoms with Gasteiger partial charge in [-0.2, -0.15) is 0 Å². The van der Waals surface area contributed by atoms with Gasteiger partial charge in [0.2, 0.25) is 0 Å². The van der Waals surface area contributed by atoms with Crippen LogP contribution in [0.4, 0.5) is 5.82 Å². The first-order chi connectivity index (χ1) is 8.20. The van der Waals surface area contributed by atoms with Crippen LogP contribution in [0.15, 0.2) is 18.3 Å². The summed E-state index contributed by atoms with van der Waals surface area (Å²) >= 11 is 0. The lowest BCUT2D eigenvalue weighted by Crippen LogP contribution is -2.44. The number of aromatic nitrogens is 1. The molecule has 1 aromatic rings. The average molecular weight is 235 g/mol. The van der Waals surface area contributed by atoms with Crippen LogP contribution in [0.5, 0.6) is 0 Å². The third kappa shape index (κ3) is 2.74. The van der Waals surface area contributed by atoms with Crippen molar-refractivity contribution in [3.05, 3.63) is 23.9 Å². The fourth-order valence-electron chi connectivity index (χ4n) is 1.87. The Labute approximate surface area is 101 Å². The summed E-state index contributed by atoms with van der Waals surface area (Å²) in [4.78, 5) is 20.2. The van der Waals surface area contributed by atoms with Crippen LogP contribution in [-0.4, -0.2) is 56.2 Å². The molecule has 17 heavy (non-hydrogen) atoms. The molecule has 0 bridgehead atoms. The predicted octanol–water partition coefficient (Wildman–Crippen LogP) is 0.620. The molecule has 0 radical (unpaired) electrons. The Balaban J connectivity index is 2.13. The molecule has 2 rings (SSSR count). The van der Waals surface area contributed by atoms with E-state index in [2.05, 4.69) is 21.8 Å². The number of hydrogen-bond donors (Lipinski definition) is 0. The summed E-state index contributed by atoms with van der Waals surface area (Å²) in [6.07, 6.45) is 1.65. The SMILES string of the molecule is COC(=O)c1ccnc(N2CCN(C)CC2)c1. The van der Waals surface area contributed by atoms with Crippen molar-refractivity contribution in [3.63, 3.8) is 0 Å². The summed E-state index contributed by atoms with van der Waals surface area (Å²) in [7, 11) is 3.49.